The van der Waals surface area contributed by atoms with E-state index in [-0.39, 0.29) is 6.04 Å². The summed E-state index contributed by atoms with van der Waals surface area (Å²) in [6.07, 6.45) is 0. The summed E-state index contributed by atoms with van der Waals surface area (Å²) in [6.45, 7) is 7.74. The lowest BCUT2D eigenvalue weighted by Crippen LogP contribution is -2.49. The normalized spacial score (nSPS) is 17.7. The van der Waals surface area contributed by atoms with Crippen LogP contribution in [-0.4, -0.2) is 56.5 Å². The average Bonchev–Trinajstić information content (AvgIpc) is 2.79. The number of hydrogen-bond donors (Lipinski definition) is 0. The van der Waals surface area contributed by atoms with E-state index in [0.717, 1.165) is 52.3 Å². The second-order valence-electron chi connectivity index (χ2n) is 7.18. The zero-order chi connectivity index (χ0) is 21.1. The molecule has 4 rings (SSSR count). The molecule has 1 fully saturated rings. The van der Waals surface area contributed by atoms with Gasteiger partial charge in [-0.3, -0.25) is 4.90 Å². The summed E-state index contributed by atoms with van der Waals surface area (Å²) >= 11 is 2.29. The SMILES string of the molecule is CCOc1nc(C(C)N2CCN([S+]([O-])c3ccc(Br)cc3)CC2)nc2ccccc12. The van der Waals surface area contributed by atoms with Crippen LogP contribution in [0.2, 0.25) is 0 Å². The third kappa shape index (κ3) is 4.63. The van der Waals surface area contributed by atoms with Crippen LogP contribution in [0.4, 0.5) is 0 Å². The molecule has 2 aromatic carbocycles. The van der Waals surface area contributed by atoms with Crippen molar-refractivity contribution in [3.63, 3.8) is 0 Å². The van der Waals surface area contributed by atoms with Crippen LogP contribution in [0.15, 0.2) is 57.9 Å². The minimum absolute atomic E-state index is 0.0529. The maximum absolute atomic E-state index is 12.9. The summed E-state index contributed by atoms with van der Waals surface area (Å²) in [6, 6.07) is 15.7. The predicted octanol–water partition coefficient (Wildman–Crippen LogP) is 4.19. The second-order valence-corrected chi connectivity index (χ2v) is 9.58. The molecule has 1 aliphatic rings. The maximum atomic E-state index is 12.9. The summed E-state index contributed by atoms with van der Waals surface area (Å²) in [7, 11) is 0. The molecule has 3 aromatic rings. The molecule has 1 saturated heterocycles. The van der Waals surface area contributed by atoms with Gasteiger partial charge in [-0.15, -0.1) is 4.31 Å². The van der Waals surface area contributed by atoms with E-state index in [1.54, 1.807) is 0 Å². The van der Waals surface area contributed by atoms with Crippen molar-refractivity contribution in [2.75, 3.05) is 32.8 Å². The van der Waals surface area contributed by atoms with Crippen LogP contribution < -0.4 is 4.74 Å². The van der Waals surface area contributed by atoms with Crippen molar-refractivity contribution in [2.24, 2.45) is 0 Å². The molecule has 2 unspecified atom stereocenters. The first kappa shape index (κ1) is 21.5. The van der Waals surface area contributed by atoms with Crippen molar-refractivity contribution in [3.8, 4) is 5.88 Å². The Morgan fingerprint density at radius 2 is 1.77 bits per heavy atom. The molecule has 30 heavy (non-hydrogen) atoms. The Morgan fingerprint density at radius 1 is 1.07 bits per heavy atom. The monoisotopic (exact) mass is 488 g/mol. The minimum atomic E-state index is -1.14. The zero-order valence-electron chi connectivity index (χ0n) is 17.1. The quantitative estimate of drug-likeness (QED) is 0.484. The van der Waals surface area contributed by atoms with Crippen molar-refractivity contribution >= 4 is 38.2 Å². The molecule has 0 bridgehead atoms. The van der Waals surface area contributed by atoms with Crippen LogP contribution >= 0.6 is 15.9 Å². The van der Waals surface area contributed by atoms with Crippen LogP contribution in [-0.2, 0) is 11.4 Å². The van der Waals surface area contributed by atoms with Gasteiger partial charge in [0.1, 0.15) is 5.82 Å². The Labute approximate surface area is 188 Å². The first-order chi connectivity index (χ1) is 14.6. The van der Waals surface area contributed by atoms with Crippen LogP contribution in [0.3, 0.4) is 0 Å². The summed E-state index contributed by atoms with van der Waals surface area (Å²) < 4.78 is 21.7. The molecule has 1 aromatic heterocycles. The number of rotatable bonds is 6. The molecule has 6 nitrogen and oxygen atoms in total. The molecule has 1 aliphatic heterocycles. The fourth-order valence-electron chi connectivity index (χ4n) is 3.62. The lowest BCUT2D eigenvalue weighted by atomic mass is 10.2. The van der Waals surface area contributed by atoms with Crippen LogP contribution in [0.25, 0.3) is 10.9 Å². The van der Waals surface area contributed by atoms with Crippen molar-refractivity contribution in [3.05, 3.63) is 58.8 Å². The van der Waals surface area contributed by atoms with E-state index in [4.69, 9.17) is 14.7 Å². The van der Waals surface area contributed by atoms with Gasteiger partial charge in [0.15, 0.2) is 4.90 Å². The molecule has 8 heteroatoms. The fourth-order valence-corrected chi connectivity index (χ4v) is 5.04. The summed E-state index contributed by atoms with van der Waals surface area (Å²) in [5.74, 6) is 1.40. The molecule has 0 aliphatic carbocycles. The highest BCUT2D eigenvalue weighted by Gasteiger charge is 2.30. The van der Waals surface area contributed by atoms with E-state index >= 15 is 0 Å². The topological polar surface area (TPSA) is 64.5 Å². The maximum Gasteiger partial charge on any atom is 0.224 e. The highest BCUT2D eigenvalue weighted by molar-refractivity contribution is 9.10. The van der Waals surface area contributed by atoms with Crippen molar-refractivity contribution in [2.45, 2.75) is 24.8 Å². The van der Waals surface area contributed by atoms with Gasteiger partial charge in [0, 0.05) is 17.6 Å². The first-order valence-electron chi connectivity index (χ1n) is 10.1. The van der Waals surface area contributed by atoms with Crippen LogP contribution in [0, 0.1) is 0 Å². The molecule has 0 radical (unpaired) electrons. The van der Waals surface area contributed by atoms with Crippen molar-refractivity contribution in [1.82, 2.24) is 19.2 Å². The number of benzene rings is 2. The molecular formula is C22H25BrN4O2S. The Bertz CT molecular complexity index is 996. The van der Waals surface area contributed by atoms with Crippen molar-refractivity contribution < 1.29 is 9.29 Å². The van der Waals surface area contributed by atoms with E-state index in [0.29, 0.717) is 12.5 Å². The highest BCUT2D eigenvalue weighted by Crippen LogP contribution is 2.28. The molecule has 0 spiro atoms. The van der Waals surface area contributed by atoms with E-state index in [2.05, 4.69) is 27.8 Å². The smallest absolute Gasteiger partial charge is 0.224 e. The number of aromatic nitrogens is 2. The van der Waals surface area contributed by atoms with Gasteiger partial charge in [0.2, 0.25) is 5.88 Å². The molecule has 158 valence electrons. The zero-order valence-corrected chi connectivity index (χ0v) is 19.5. The Balaban J connectivity index is 1.46. The third-order valence-electron chi connectivity index (χ3n) is 5.31. The summed E-state index contributed by atoms with van der Waals surface area (Å²) in [5, 5.41) is 0.935. The van der Waals surface area contributed by atoms with Gasteiger partial charge in [-0.2, -0.15) is 4.98 Å². The molecule has 0 N–H and O–H groups in total. The van der Waals surface area contributed by atoms with Gasteiger partial charge in [-0.1, -0.05) is 28.1 Å². The van der Waals surface area contributed by atoms with Crippen molar-refractivity contribution in [1.29, 1.82) is 0 Å². The number of halogens is 1. The summed E-state index contributed by atoms with van der Waals surface area (Å²) in [4.78, 5) is 12.7. The van der Waals surface area contributed by atoms with E-state index in [9.17, 15) is 4.55 Å². The van der Waals surface area contributed by atoms with E-state index in [1.165, 1.54) is 0 Å². The fraction of sp³-hybridized carbons (Fsp3) is 0.364. The molecular weight excluding hydrogens is 464 g/mol. The summed E-state index contributed by atoms with van der Waals surface area (Å²) in [5.41, 5.74) is 0.896. The average molecular weight is 489 g/mol. The molecule has 2 heterocycles. The molecule has 2 atom stereocenters. The van der Waals surface area contributed by atoms with Crippen LogP contribution in [0.5, 0.6) is 5.88 Å². The number of fused-ring (bicyclic) bond motifs is 1. The van der Waals surface area contributed by atoms with Gasteiger partial charge in [-0.25, -0.2) is 4.98 Å². The Morgan fingerprint density at radius 3 is 2.47 bits per heavy atom. The Hall–Kier alpha value is -1.71. The van der Waals surface area contributed by atoms with E-state index in [1.807, 2.05) is 59.8 Å². The number of piperazine rings is 1. The lowest BCUT2D eigenvalue weighted by molar-refractivity contribution is 0.140. The highest BCUT2D eigenvalue weighted by atomic mass is 79.9. The number of para-hydroxylation sites is 1. The van der Waals surface area contributed by atoms with Gasteiger partial charge < -0.3 is 9.29 Å². The lowest BCUT2D eigenvalue weighted by Gasteiger charge is -2.36. The van der Waals surface area contributed by atoms with Crippen LogP contribution in [0.1, 0.15) is 25.7 Å². The first-order valence-corrected chi connectivity index (χ1v) is 12.0. The van der Waals surface area contributed by atoms with Gasteiger partial charge >= 0.3 is 0 Å². The van der Waals surface area contributed by atoms with Gasteiger partial charge in [0.25, 0.3) is 0 Å². The number of nitrogens with zero attached hydrogens (tertiary/aromatic N) is 4. The standard InChI is InChI=1S/C22H25BrN4O2S/c1-3-29-22-19-6-4-5-7-20(19)24-21(25-22)16(2)26-12-14-27(15-13-26)30(28)18-10-8-17(23)9-11-18/h4-11,16H,3,12-15H2,1-2H3. The largest absolute Gasteiger partial charge is 0.593 e. The number of hydrogen-bond acceptors (Lipinski definition) is 6. The van der Waals surface area contributed by atoms with Gasteiger partial charge in [0.05, 0.1) is 48.0 Å². The van der Waals surface area contributed by atoms with Gasteiger partial charge in [-0.05, 0) is 50.2 Å². The number of ether oxygens (including phenoxy) is 1. The molecule has 0 amide bonds. The minimum Gasteiger partial charge on any atom is -0.593 e. The second kappa shape index (κ2) is 9.62. The predicted molar refractivity (Wildman–Crippen MR) is 123 cm³/mol. The van der Waals surface area contributed by atoms with E-state index < -0.39 is 11.4 Å². The Kier molecular flexibility index (Phi) is 6.90. The molecule has 0 saturated carbocycles. The third-order valence-corrected chi connectivity index (χ3v) is 7.35.